The molecule has 2 N–H and O–H groups in total. The Bertz CT molecular complexity index is 139. The smallest absolute Gasteiger partial charge is 0.784 e. The third-order valence-electron chi connectivity index (χ3n) is 0.0698. The molecular weight excluding hydrogens is 218 g/mol. The van der Waals surface area contributed by atoms with Crippen LogP contribution in [-0.4, -0.2) is 45.0 Å². The summed E-state index contributed by atoms with van der Waals surface area (Å²) in [6.45, 7) is 0. The molecule has 0 saturated heterocycles. The molecule has 0 saturated carbocycles. The van der Waals surface area contributed by atoms with E-state index in [1.165, 1.54) is 0 Å². The van der Waals surface area contributed by atoms with Gasteiger partial charge >= 0.3 is 17.4 Å². The molecule has 0 amide bonds. The fourth-order valence-electron chi connectivity index (χ4n) is 0. The molecule has 0 aliphatic rings. The zero-order valence-electron chi connectivity index (χ0n) is 4.78. The molecule has 64 valence electrons. The van der Waals surface area contributed by atoms with E-state index in [2.05, 4.69) is 4.67 Å². The molecule has 1 atom stereocenters. The minimum atomic E-state index is -5.17. The summed E-state index contributed by atoms with van der Waals surface area (Å²) < 4.78 is 36.9. The largest absolute Gasteiger partial charge is 3.00 e. The van der Waals surface area contributed by atoms with Crippen molar-refractivity contribution >= 4 is 36.4 Å². The maximum Gasteiger partial charge on any atom is 3.00 e. The van der Waals surface area contributed by atoms with E-state index in [1.807, 2.05) is 0 Å². The molecule has 1 unspecified atom stereocenters. The Labute approximate surface area is 74.1 Å². The minimum absolute atomic E-state index is 0. The van der Waals surface area contributed by atoms with Crippen molar-refractivity contribution in [1.82, 2.24) is 0 Å². The molecule has 0 aromatic heterocycles. The van der Waals surface area contributed by atoms with Gasteiger partial charge < -0.3 is 18.9 Å². The fourth-order valence-corrected chi connectivity index (χ4v) is 0. The van der Waals surface area contributed by atoms with E-state index >= 15 is 0 Å². The van der Waals surface area contributed by atoms with Crippen LogP contribution in [0.15, 0.2) is 0 Å². The van der Waals surface area contributed by atoms with Crippen LogP contribution in [0.25, 0.3) is 0 Å². The van der Waals surface area contributed by atoms with Gasteiger partial charge in [0.2, 0.25) is 0 Å². The van der Waals surface area contributed by atoms with Crippen LogP contribution in [-0.2, 0) is 15.1 Å². The standard InChI is InChI=1S/Al.H2O4P.H2O4S/c;1-4-5(2)3;1-5(2,3)4/h;1-2H;(H2,1,2,3,4)/q+3;-1;/p-2. The summed E-state index contributed by atoms with van der Waals surface area (Å²) in [5.74, 6) is 0. The summed E-state index contributed by atoms with van der Waals surface area (Å²) >= 11 is 0. The monoisotopic (exact) mass is 220 g/mol. The Hall–Kier alpha value is 0.672. The van der Waals surface area contributed by atoms with Gasteiger partial charge in [0, 0.05) is 10.4 Å². The summed E-state index contributed by atoms with van der Waals surface area (Å²) in [7, 11) is -7.96. The van der Waals surface area contributed by atoms with Crippen LogP contribution in [0.3, 0.4) is 0 Å². The molecule has 0 aromatic rings. The second-order valence-electron chi connectivity index (χ2n) is 0.728. The van der Waals surface area contributed by atoms with Crippen molar-refractivity contribution in [2.24, 2.45) is 0 Å². The number of hydrogen-bond acceptors (Lipinski definition) is 8. The molecule has 11 heavy (non-hydrogen) atoms. The zero-order chi connectivity index (χ0) is 8.78. The van der Waals surface area contributed by atoms with Crippen LogP contribution < -0.4 is 4.89 Å². The van der Waals surface area contributed by atoms with E-state index in [0.29, 0.717) is 0 Å². The summed E-state index contributed by atoms with van der Waals surface area (Å²) in [5.41, 5.74) is 0. The van der Waals surface area contributed by atoms with Gasteiger partial charge in [-0.25, -0.2) is 9.93 Å². The minimum Gasteiger partial charge on any atom is -0.784 e. The molecule has 11 heteroatoms. The van der Waals surface area contributed by atoms with Crippen molar-refractivity contribution < 1.29 is 37.2 Å². The van der Waals surface area contributed by atoms with Gasteiger partial charge in [0.1, 0.15) is 8.60 Å². The average Bonchev–Trinajstić information content (AvgIpc) is 1.61. The molecular formula is H2AlO8PS. The van der Waals surface area contributed by atoms with E-state index in [1.54, 1.807) is 0 Å². The second-order valence-corrected chi connectivity index (χ2v) is 2.18. The van der Waals surface area contributed by atoms with Gasteiger partial charge in [0.15, 0.2) is 0 Å². The molecule has 0 fully saturated rings. The predicted molar refractivity (Wildman–Crippen MR) is 29.1 cm³/mol. The van der Waals surface area contributed by atoms with Crippen LogP contribution in [0.1, 0.15) is 0 Å². The van der Waals surface area contributed by atoms with Crippen LogP contribution in [0.5, 0.6) is 0 Å². The topological polar surface area (TPSA) is 153 Å². The average molecular weight is 220 g/mol. The van der Waals surface area contributed by atoms with E-state index in [4.69, 9.17) is 32.6 Å². The molecule has 0 radical (unpaired) electrons. The van der Waals surface area contributed by atoms with E-state index < -0.39 is 19.0 Å². The van der Waals surface area contributed by atoms with E-state index in [-0.39, 0.29) is 17.4 Å². The summed E-state index contributed by atoms with van der Waals surface area (Å²) in [5, 5.41) is 7.11. The molecule has 0 aliphatic carbocycles. The van der Waals surface area contributed by atoms with Crippen LogP contribution in [0.4, 0.5) is 0 Å². The predicted octanol–water partition coefficient (Wildman–Crippen LogP) is -2.66. The first-order chi connectivity index (χ1) is 4.27. The summed E-state index contributed by atoms with van der Waals surface area (Å²) in [4.78, 5) is 16.4. The van der Waals surface area contributed by atoms with Crippen molar-refractivity contribution in [2.45, 2.75) is 0 Å². The molecule has 0 aromatic carbocycles. The van der Waals surface area contributed by atoms with Crippen LogP contribution in [0.2, 0.25) is 0 Å². The number of hydrogen-bond donors (Lipinski definition) is 2. The van der Waals surface area contributed by atoms with E-state index in [9.17, 15) is 0 Å². The van der Waals surface area contributed by atoms with Crippen molar-refractivity contribution in [3.05, 3.63) is 0 Å². The molecule has 0 bridgehead atoms. The van der Waals surface area contributed by atoms with Gasteiger partial charge in [-0.2, -0.15) is 0 Å². The van der Waals surface area contributed by atoms with Crippen molar-refractivity contribution in [3.63, 3.8) is 0 Å². The fraction of sp³-hybridized carbons (Fsp3) is 0. The number of rotatable bonds is 1. The first-order valence-corrected chi connectivity index (χ1v) is 3.88. The van der Waals surface area contributed by atoms with Crippen molar-refractivity contribution in [1.29, 1.82) is 0 Å². The van der Waals surface area contributed by atoms with Gasteiger partial charge in [-0.05, 0) is 0 Å². The summed E-state index contributed by atoms with van der Waals surface area (Å²) in [6.07, 6.45) is 0. The SMILES string of the molecule is O=S(=O)([O-])[O-].[Al+3].[O-]P(O)OO. The van der Waals surface area contributed by atoms with Gasteiger partial charge in [0.05, 0.1) is 0 Å². The molecule has 0 aliphatic heterocycles. The van der Waals surface area contributed by atoms with Crippen molar-refractivity contribution in [2.75, 3.05) is 0 Å². The third kappa shape index (κ3) is 112. The normalized spacial score (nSPS) is 12.1. The first kappa shape index (κ1) is 17.7. The molecule has 0 heterocycles. The molecule has 8 nitrogen and oxygen atoms in total. The zero-order valence-corrected chi connectivity index (χ0v) is 7.64. The quantitative estimate of drug-likeness (QED) is 0.121. The molecule has 0 rings (SSSR count). The maximum atomic E-state index is 9.04. The maximum absolute atomic E-state index is 9.04. The van der Waals surface area contributed by atoms with E-state index in [0.717, 1.165) is 0 Å². The Kier molecular flexibility index (Phi) is 14.1. The van der Waals surface area contributed by atoms with Gasteiger partial charge in [-0.1, -0.05) is 0 Å². The van der Waals surface area contributed by atoms with Gasteiger partial charge in [-0.15, -0.1) is 0 Å². The Morgan fingerprint density at radius 3 is 1.45 bits per heavy atom. The van der Waals surface area contributed by atoms with Crippen molar-refractivity contribution in [3.8, 4) is 0 Å². The Morgan fingerprint density at radius 2 is 1.45 bits per heavy atom. The third-order valence-corrected chi connectivity index (χ3v) is 0.210. The van der Waals surface area contributed by atoms with Crippen LogP contribution >= 0.6 is 8.60 Å². The van der Waals surface area contributed by atoms with Gasteiger partial charge in [0.25, 0.3) is 0 Å². The van der Waals surface area contributed by atoms with Gasteiger partial charge in [-0.3, -0.25) is 8.42 Å². The summed E-state index contributed by atoms with van der Waals surface area (Å²) in [6, 6.07) is 0. The van der Waals surface area contributed by atoms with Crippen LogP contribution in [0, 0.1) is 0 Å². The second kappa shape index (κ2) is 8.77. The first-order valence-electron chi connectivity index (χ1n) is 1.41. The Balaban J connectivity index is -0.000000107. The molecule has 0 spiro atoms. The Morgan fingerprint density at radius 1 is 1.36 bits per heavy atom.